The first-order valence-corrected chi connectivity index (χ1v) is 8.33. The van der Waals surface area contributed by atoms with E-state index in [0.29, 0.717) is 37.2 Å². The molecular weight excluding hydrogens is 310 g/mol. The Kier molecular flexibility index (Phi) is 4.78. The molecule has 0 spiro atoms. The lowest BCUT2D eigenvalue weighted by Crippen LogP contribution is -2.39. The van der Waals surface area contributed by atoms with Gasteiger partial charge in [-0.25, -0.2) is 4.98 Å². The summed E-state index contributed by atoms with van der Waals surface area (Å²) in [4.78, 5) is 38.7. The number of carboxylic acid groups (broad SMARTS) is 1. The zero-order valence-electron chi connectivity index (χ0n) is 13.3. The van der Waals surface area contributed by atoms with E-state index in [9.17, 15) is 14.4 Å². The van der Waals surface area contributed by atoms with Gasteiger partial charge < -0.3 is 10.4 Å². The SMILES string of the molecule is O=C1CCC(c2cccc(N[C@H]3CC[C@H](C(=O)O)CC3)n2)C(=O)N1. The number of carboxylic acids is 1. The molecule has 2 heterocycles. The number of piperidine rings is 1. The average Bonchev–Trinajstić information content (AvgIpc) is 2.55. The lowest BCUT2D eigenvalue weighted by Gasteiger charge is -2.27. The molecule has 1 aliphatic heterocycles. The van der Waals surface area contributed by atoms with Crippen LogP contribution in [-0.2, 0) is 14.4 Å². The summed E-state index contributed by atoms with van der Waals surface area (Å²) in [6.45, 7) is 0. The van der Waals surface area contributed by atoms with E-state index in [0.717, 1.165) is 12.8 Å². The summed E-state index contributed by atoms with van der Waals surface area (Å²) >= 11 is 0. The third kappa shape index (κ3) is 3.72. The minimum atomic E-state index is -0.716. The molecule has 1 aliphatic carbocycles. The van der Waals surface area contributed by atoms with Crippen LogP contribution in [0.4, 0.5) is 5.82 Å². The Morgan fingerprint density at radius 2 is 1.92 bits per heavy atom. The molecule has 1 aromatic rings. The van der Waals surface area contributed by atoms with Crippen molar-refractivity contribution in [2.45, 2.75) is 50.5 Å². The summed E-state index contributed by atoms with van der Waals surface area (Å²) in [5.74, 6) is -1.20. The lowest BCUT2D eigenvalue weighted by molar-refractivity contribution is -0.143. The second-order valence-electron chi connectivity index (χ2n) is 6.48. The van der Waals surface area contributed by atoms with E-state index in [4.69, 9.17) is 5.11 Å². The Balaban J connectivity index is 1.63. The third-order valence-electron chi connectivity index (χ3n) is 4.80. The summed E-state index contributed by atoms with van der Waals surface area (Å²) in [6, 6.07) is 5.69. The topological polar surface area (TPSA) is 108 Å². The van der Waals surface area contributed by atoms with Crippen LogP contribution in [-0.4, -0.2) is 33.9 Å². The van der Waals surface area contributed by atoms with Crippen LogP contribution < -0.4 is 10.6 Å². The van der Waals surface area contributed by atoms with Gasteiger partial charge in [-0.2, -0.15) is 0 Å². The van der Waals surface area contributed by atoms with E-state index in [1.807, 2.05) is 12.1 Å². The number of carbonyl (C=O) groups excluding carboxylic acids is 2. The molecule has 0 aromatic carbocycles. The van der Waals surface area contributed by atoms with Gasteiger partial charge in [-0.05, 0) is 44.2 Å². The minimum absolute atomic E-state index is 0.199. The maximum atomic E-state index is 12.0. The van der Waals surface area contributed by atoms with Gasteiger partial charge in [0.05, 0.1) is 17.5 Å². The molecule has 128 valence electrons. The largest absolute Gasteiger partial charge is 0.481 e. The molecule has 2 aliphatic rings. The number of amides is 2. The van der Waals surface area contributed by atoms with Crippen LogP contribution in [0.15, 0.2) is 18.2 Å². The molecule has 3 rings (SSSR count). The molecule has 1 saturated carbocycles. The number of imide groups is 1. The molecule has 2 amide bonds. The summed E-state index contributed by atoms with van der Waals surface area (Å²) in [6.07, 6.45) is 3.72. The normalized spacial score (nSPS) is 27.4. The number of nitrogens with one attached hydrogen (secondary N) is 2. The van der Waals surface area contributed by atoms with Gasteiger partial charge >= 0.3 is 5.97 Å². The highest BCUT2D eigenvalue weighted by molar-refractivity contribution is 6.00. The van der Waals surface area contributed by atoms with E-state index in [2.05, 4.69) is 15.6 Å². The van der Waals surface area contributed by atoms with Crippen LogP contribution in [0.5, 0.6) is 0 Å². The standard InChI is InChI=1S/C17H21N3O4/c21-15-9-8-12(16(22)20-15)13-2-1-3-14(19-13)18-11-6-4-10(5-7-11)17(23)24/h1-3,10-12H,4-9H2,(H,18,19)(H,23,24)(H,20,21,22)/t10-,11-,12?. The van der Waals surface area contributed by atoms with Crippen molar-refractivity contribution < 1.29 is 19.5 Å². The maximum Gasteiger partial charge on any atom is 0.306 e. The Labute approximate surface area is 139 Å². The lowest BCUT2D eigenvalue weighted by atomic mass is 9.86. The molecule has 2 fully saturated rings. The first kappa shape index (κ1) is 16.4. The van der Waals surface area contributed by atoms with Crippen molar-refractivity contribution in [1.29, 1.82) is 0 Å². The summed E-state index contributed by atoms with van der Waals surface area (Å²) < 4.78 is 0. The molecule has 0 radical (unpaired) electrons. The second kappa shape index (κ2) is 6.98. The number of nitrogens with zero attached hydrogens (tertiary/aromatic N) is 1. The van der Waals surface area contributed by atoms with Crippen molar-refractivity contribution in [2.75, 3.05) is 5.32 Å². The van der Waals surface area contributed by atoms with Crippen LogP contribution in [0.25, 0.3) is 0 Å². The number of hydrogen-bond donors (Lipinski definition) is 3. The number of rotatable bonds is 4. The van der Waals surface area contributed by atoms with Gasteiger partial charge in [0.15, 0.2) is 0 Å². The molecule has 0 bridgehead atoms. The zero-order valence-corrected chi connectivity index (χ0v) is 13.3. The van der Waals surface area contributed by atoms with Gasteiger partial charge in [0.25, 0.3) is 0 Å². The van der Waals surface area contributed by atoms with Crippen LogP contribution in [0, 0.1) is 5.92 Å². The van der Waals surface area contributed by atoms with Gasteiger partial charge in [0, 0.05) is 12.5 Å². The predicted octanol–water partition coefficient (Wildman–Crippen LogP) is 1.66. The van der Waals surface area contributed by atoms with E-state index in [-0.39, 0.29) is 23.8 Å². The number of pyridine rings is 1. The molecule has 24 heavy (non-hydrogen) atoms. The maximum absolute atomic E-state index is 12.0. The van der Waals surface area contributed by atoms with E-state index >= 15 is 0 Å². The predicted molar refractivity (Wildman–Crippen MR) is 86.4 cm³/mol. The summed E-state index contributed by atoms with van der Waals surface area (Å²) in [7, 11) is 0. The smallest absolute Gasteiger partial charge is 0.306 e. The number of anilines is 1. The zero-order chi connectivity index (χ0) is 17.1. The number of hydrogen-bond acceptors (Lipinski definition) is 5. The Hall–Kier alpha value is -2.44. The molecule has 7 heteroatoms. The highest BCUT2D eigenvalue weighted by Crippen LogP contribution is 2.28. The molecule has 1 saturated heterocycles. The monoisotopic (exact) mass is 331 g/mol. The van der Waals surface area contributed by atoms with Crippen molar-refractivity contribution >= 4 is 23.6 Å². The van der Waals surface area contributed by atoms with Crippen LogP contribution in [0.1, 0.15) is 50.1 Å². The first-order chi connectivity index (χ1) is 11.5. The van der Waals surface area contributed by atoms with Gasteiger partial charge in [-0.15, -0.1) is 0 Å². The fourth-order valence-corrected chi connectivity index (χ4v) is 3.40. The highest BCUT2D eigenvalue weighted by atomic mass is 16.4. The molecule has 1 atom stereocenters. The Bertz CT molecular complexity index is 653. The van der Waals surface area contributed by atoms with Crippen molar-refractivity contribution in [1.82, 2.24) is 10.3 Å². The van der Waals surface area contributed by atoms with Crippen molar-refractivity contribution in [3.63, 3.8) is 0 Å². The molecule has 1 aromatic heterocycles. The fraction of sp³-hybridized carbons (Fsp3) is 0.529. The Morgan fingerprint density at radius 1 is 1.17 bits per heavy atom. The second-order valence-corrected chi connectivity index (χ2v) is 6.48. The molecule has 3 N–H and O–H groups in total. The number of carbonyl (C=O) groups is 3. The molecule has 7 nitrogen and oxygen atoms in total. The fourth-order valence-electron chi connectivity index (χ4n) is 3.40. The van der Waals surface area contributed by atoms with Crippen molar-refractivity contribution in [3.8, 4) is 0 Å². The summed E-state index contributed by atoms with van der Waals surface area (Å²) in [5, 5.41) is 14.7. The van der Waals surface area contributed by atoms with Gasteiger partial charge in [0.1, 0.15) is 5.82 Å². The molecular formula is C17H21N3O4. The third-order valence-corrected chi connectivity index (χ3v) is 4.80. The van der Waals surface area contributed by atoms with E-state index < -0.39 is 11.9 Å². The van der Waals surface area contributed by atoms with Crippen molar-refractivity contribution in [2.24, 2.45) is 5.92 Å². The van der Waals surface area contributed by atoms with Crippen LogP contribution in [0.2, 0.25) is 0 Å². The quantitative estimate of drug-likeness (QED) is 0.724. The van der Waals surface area contributed by atoms with Crippen LogP contribution in [0.3, 0.4) is 0 Å². The number of aromatic nitrogens is 1. The van der Waals surface area contributed by atoms with Gasteiger partial charge in [-0.1, -0.05) is 6.07 Å². The first-order valence-electron chi connectivity index (χ1n) is 8.33. The van der Waals surface area contributed by atoms with Gasteiger partial charge in [-0.3, -0.25) is 19.7 Å². The van der Waals surface area contributed by atoms with E-state index in [1.54, 1.807) is 6.07 Å². The molecule has 1 unspecified atom stereocenters. The van der Waals surface area contributed by atoms with Gasteiger partial charge in [0.2, 0.25) is 11.8 Å². The Morgan fingerprint density at radius 3 is 2.58 bits per heavy atom. The highest BCUT2D eigenvalue weighted by Gasteiger charge is 2.29. The minimum Gasteiger partial charge on any atom is -0.481 e. The average molecular weight is 331 g/mol. The van der Waals surface area contributed by atoms with Crippen molar-refractivity contribution in [3.05, 3.63) is 23.9 Å². The van der Waals surface area contributed by atoms with Crippen LogP contribution >= 0.6 is 0 Å². The van der Waals surface area contributed by atoms with E-state index in [1.165, 1.54) is 0 Å². The number of aliphatic carboxylic acids is 1. The summed E-state index contributed by atoms with van der Waals surface area (Å²) in [5.41, 5.74) is 0.657.